The monoisotopic (exact) mass is 445 g/mol. The third-order valence-corrected chi connectivity index (χ3v) is 6.09. The van der Waals surface area contributed by atoms with Crippen molar-refractivity contribution in [2.75, 3.05) is 14.2 Å². The first kappa shape index (κ1) is 21.1. The van der Waals surface area contributed by atoms with Crippen LogP contribution in [0.25, 0.3) is 11.3 Å². The molecule has 2 heterocycles. The van der Waals surface area contributed by atoms with Gasteiger partial charge in [-0.2, -0.15) is 0 Å². The number of carbonyl (C=O) groups is 2. The summed E-state index contributed by atoms with van der Waals surface area (Å²) in [5.74, 6) is 0.793. The van der Waals surface area contributed by atoms with Crippen LogP contribution in [-0.2, 0) is 11.3 Å². The predicted molar refractivity (Wildman–Crippen MR) is 120 cm³/mol. The third-order valence-electron chi connectivity index (χ3n) is 6.09. The van der Waals surface area contributed by atoms with Crippen molar-refractivity contribution in [1.29, 1.82) is 0 Å². The first-order chi connectivity index (χ1) is 16.0. The number of nitrogens with zero attached hydrogens (tertiary/aromatic N) is 3. The molecule has 0 spiro atoms. The maximum absolute atomic E-state index is 13.3. The lowest BCUT2D eigenvalue weighted by Crippen LogP contribution is -2.39. The minimum atomic E-state index is -0.519. The van der Waals surface area contributed by atoms with Crippen molar-refractivity contribution in [2.24, 2.45) is 0 Å². The Hall–Kier alpha value is -3.78. The van der Waals surface area contributed by atoms with Crippen LogP contribution in [0.15, 0.2) is 59.8 Å². The van der Waals surface area contributed by atoms with Gasteiger partial charge in [0.1, 0.15) is 17.2 Å². The molecule has 2 aliphatic rings. The van der Waals surface area contributed by atoms with Crippen LogP contribution in [0.4, 0.5) is 0 Å². The van der Waals surface area contributed by atoms with E-state index in [4.69, 9.17) is 14.2 Å². The fraction of sp³-hybridized carbons (Fsp3) is 0.280. The molecule has 168 valence electrons. The number of carbonyl (C=O) groups excluding carboxylic acids is 2. The first-order valence-electron chi connectivity index (χ1n) is 10.7. The molecule has 0 N–H and O–H groups in total. The Morgan fingerprint density at radius 2 is 1.91 bits per heavy atom. The average molecular weight is 445 g/mol. The summed E-state index contributed by atoms with van der Waals surface area (Å²) in [6.07, 6.45) is 1.33. The van der Waals surface area contributed by atoms with Crippen LogP contribution in [-0.4, -0.2) is 53.0 Å². The summed E-state index contributed by atoms with van der Waals surface area (Å²) in [4.78, 5) is 26.5. The van der Waals surface area contributed by atoms with Gasteiger partial charge in [0.15, 0.2) is 11.6 Å². The molecule has 3 aromatic rings. The van der Waals surface area contributed by atoms with Crippen LogP contribution in [0.3, 0.4) is 0 Å². The fourth-order valence-electron chi connectivity index (χ4n) is 4.56. The molecule has 1 aliphatic carbocycles. The van der Waals surface area contributed by atoms with Crippen molar-refractivity contribution < 1.29 is 23.8 Å². The van der Waals surface area contributed by atoms with Crippen LogP contribution >= 0.6 is 0 Å². The van der Waals surface area contributed by atoms with Gasteiger partial charge in [0.05, 0.1) is 44.7 Å². The summed E-state index contributed by atoms with van der Waals surface area (Å²) >= 11 is 0. The highest BCUT2D eigenvalue weighted by atomic mass is 16.5. The fourth-order valence-corrected chi connectivity index (χ4v) is 4.56. The minimum Gasteiger partial charge on any atom is -0.497 e. The van der Waals surface area contributed by atoms with Crippen LogP contribution in [0.1, 0.15) is 34.1 Å². The zero-order valence-electron chi connectivity index (χ0n) is 18.6. The molecule has 0 saturated carbocycles. The smallest absolute Gasteiger partial charge is 0.196 e. The zero-order valence-corrected chi connectivity index (χ0v) is 18.6. The number of Topliss-reactive ketones (excluding diaryl/α,β-unsaturated/α-hetero) is 2. The summed E-state index contributed by atoms with van der Waals surface area (Å²) < 4.78 is 18.5. The number of rotatable bonds is 5. The quantitative estimate of drug-likeness (QED) is 0.593. The number of fused-ring (bicyclic) bond motifs is 1. The zero-order chi connectivity index (χ0) is 23.1. The van der Waals surface area contributed by atoms with Gasteiger partial charge in [-0.05, 0) is 25.1 Å². The van der Waals surface area contributed by atoms with Gasteiger partial charge in [0.25, 0.3) is 0 Å². The molecule has 8 nitrogen and oxygen atoms in total. The summed E-state index contributed by atoms with van der Waals surface area (Å²) in [5.41, 5.74) is 3.23. The molecule has 0 bridgehead atoms. The van der Waals surface area contributed by atoms with Gasteiger partial charge in [-0.3, -0.25) is 9.59 Å². The second-order valence-corrected chi connectivity index (χ2v) is 8.10. The molecular formula is C25H23N3O5. The van der Waals surface area contributed by atoms with Crippen molar-refractivity contribution in [3.05, 3.63) is 70.9 Å². The molecule has 8 heteroatoms. The van der Waals surface area contributed by atoms with Gasteiger partial charge in [-0.15, -0.1) is 5.10 Å². The highest BCUT2D eigenvalue weighted by Gasteiger charge is 2.41. The van der Waals surface area contributed by atoms with E-state index in [0.29, 0.717) is 46.7 Å². The van der Waals surface area contributed by atoms with E-state index in [0.717, 1.165) is 11.3 Å². The molecule has 1 aromatic heterocycles. The summed E-state index contributed by atoms with van der Waals surface area (Å²) in [6.45, 7) is 2.21. The van der Waals surface area contributed by atoms with Crippen molar-refractivity contribution in [1.82, 2.24) is 15.0 Å². The lowest BCUT2D eigenvalue weighted by molar-refractivity contribution is -0.00652. The van der Waals surface area contributed by atoms with E-state index in [1.165, 1.54) is 7.11 Å². The van der Waals surface area contributed by atoms with E-state index in [2.05, 4.69) is 10.3 Å². The topological polar surface area (TPSA) is 92.5 Å². The third kappa shape index (κ3) is 3.62. The van der Waals surface area contributed by atoms with Gasteiger partial charge in [-0.25, -0.2) is 4.68 Å². The van der Waals surface area contributed by atoms with Gasteiger partial charge >= 0.3 is 0 Å². The molecular weight excluding hydrogens is 422 g/mol. The number of benzene rings is 2. The SMILES string of the molecule is COc1cccc(-c2cn(C[C@H]3CC4=C(C(=O)c5c(OC)cccc5C4=O)[C@@H](C)O3)nn2)c1. The van der Waals surface area contributed by atoms with E-state index in [9.17, 15) is 9.59 Å². The Morgan fingerprint density at radius 3 is 2.70 bits per heavy atom. The molecule has 0 amide bonds. The predicted octanol–water partition coefficient (Wildman–Crippen LogP) is 3.52. The maximum Gasteiger partial charge on any atom is 0.196 e. The Kier molecular flexibility index (Phi) is 5.30. The molecule has 5 rings (SSSR count). The Bertz CT molecular complexity index is 1290. The van der Waals surface area contributed by atoms with Crippen LogP contribution in [0.5, 0.6) is 11.5 Å². The molecule has 0 fully saturated rings. The Balaban J connectivity index is 1.39. The highest BCUT2D eigenvalue weighted by Crippen LogP contribution is 2.39. The van der Waals surface area contributed by atoms with E-state index in [-0.39, 0.29) is 17.7 Å². The maximum atomic E-state index is 13.3. The normalized spacial score (nSPS) is 19.8. The van der Waals surface area contributed by atoms with Gasteiger partial charge < -0.3 is 14.2 Å². The number of methoxy groups -OCH3 is 2. The second kappa shape index (κ2) is 8.29. The van der Waals surface area contributed by atoms with Crippen molar-refractivity contribution in [3.63, 3.8) is 0 Å². The first-order valence-corrected chi connectivity index (χ1v) is 10.7. The van der Waals surface area contributed by atoms with Crippen molar-refractivity contribution >= 4 is 11.6 Å². The van der Waals surface area contributed by atoms with Crippen LogP contribution in [0.2, 0.25) is 0 Å². The number of hydrogen-bond acceptors (Lipinski definition) is 7. The number of ketones is 2. The van der Waals surface area contributed by atoms with Crippen LogP contribution in [0, 0.1) is 0 Å². The second-order valence-electron chi connectivity index (χ2n) is 8.10. The number of hydrogen-bond donors (Lipinski definition) is 0. The van der Waals surface area contributed by atoms with E-state index in [1.807, 2.05) is 30.5 Å². The largest absolute Gasteiger partial charge is 0.497 e. The molecule has 2 aromatic carbocycles. The molecule has 0 radical (unpaired) electrons. The van der Waals surface area contributed by atoms with Gasteiger partial charge in [-0.1, -0.05) is 29.5 Å². The molecule has 2 atom stereocenters. The number of aromatic nitrogens is 3. The molecule has 33 heavy (non-hydrogen) atoms. The highest BCUT2D eigenvalue weighted by molar-refractivity contribution is 6.28. The van der Waals surface area contributed by atoms with Gasteiger partial charge in [0, 0.05) is 28.7 Å². The van der Waals surface area contributed by atoms with E-state index in [1.54, 1.807) is 36.9 Å². The average Bonchev–Trinajstić information content (AvgIpc) is 3.30. The minimum absolute atomic E-state index is 0.144. The lowest BCUT2D eigenvalue weighted by atomic mass is 9.78. The molecule has 1 aliphatic heterocycles. The van der Waals surface area contributed by atoms with Crippen molar-refractivity contribution in [2.45, 2.75) is 32.1 Å². The van der Waals surface area contributed by atoms with E-state index >= 15 is 0 Å². The lowest BCUT2D eigenvalue weighted by Gasteiger charge is -2.34. The van der Waals surface area contributed by atoms with Crippen molar-refractivity contribution in [3.8, 4) is 22.8 Å². The molecule has 0 unspecified atom stereocenters. The van der Waals surface area contributed by atoms with Crippen LogP contribution < -0.4 is 9.47 Å². The summed E-state index contributed by atoms with van der Waals surface area (Å²) in [5, 5.41) is 8.48. The summed E-state index contributed by atoms with van der Waals surface area (Å²) in [6, 6.07) is 12.7. The van der Waals surface area contributed by atoms with E-state index < -0.39 is 6.10 Å². The Morgan fingerprint density at radius 1 is 1.09 bits per heavy atom. The Labute approximate surface area is 190 Å². The molecule has 0 saturated heterocycles. The summed E-state index contributed by atoms with van der Waals surface area (Å²) in [7, 11) is 3.11. The number of ether oxygens (including phenoxy) is 3. The van der Waals surface area contributed by atoms with Gasteiger partial charge in [0.2, 0.25) is 0 Å². The standard InChI is InChI=1S/C25H23N3O5/c1-14-22-19(24(29)18-8-5-9-21(32-3)23(18)25(22)30)11-17(33-14)12-28-13-20(26-27-28)15-6-4-7-16(10-15)31-2/h4-10,13-14,17H,11-12H2,1-3H3/t14-,17-/m1/s1.